The van der Waals surface area contributed by atoms with Gasteiger partial charge in [-0.2, -0.15) is 0 Å². The molecule has 0 amide bonds. The van der Waals surface area contributed by atoms with Gasteiger partial charge in [-0.3, -0.25) is 9.59 Å². The van der Waals surface area contributed by atoms with Crippen molar-refractivity contribution in [3.8, 4) is 0 Å². The lowest BCUT2D eigenvalue weighted by molar-refractivity contribution is -0.161. The molecule has 0 aromatic rings. The Kier molecular flexibility index (Phi) is 4.34. The van der Waals surface area contributed by atoms with E-state index in [2.05, 4.69) is 0 Å². The quantitative estimate of drug-likeness (QED) is 0.525. The topological polar surface area (TPSA) is 74.6 Å². The zero-order chi connectivity index (χ0) is 11.4. The van der Waals surface area contributed by atoms with Gasteiger partial charge in [-0.1, -0.05) is 25.0 Å². The number of carbonyl (C=O) groups is 2. The highest BCUT2D eigenvalue weighted by Crippen LogP contribution is 2.28. The summed E-state index contributed by atoms with van der Waals surface area (Å²) in [6, 6.07) is 0. The maximum atomic E-state index is 11.0. The predicted octanol–water partition coefficient (Wildman–Crippen LogP) is 1.91. The highest BCUT2D eigenvalue weighted by molar-refractivity contribution is 6.00. The van der Waals surface area contributed by atoms with E-state index in [0.717, 1.165) is 0 Å². The first kappa shape index (κ1) is 12.7. The van der Waals surface area contributed by atoms with Crippen LogP contribution in [0.15, 0.2) is 11.6 Å². The van der Waals surface area contributed by atoms with Gasteiger partial charge in [0.2, 0.25) is 0 Å². The highest BCUT2D eigenvalue weighted by atomic mass is 16.4. The van der Waals surface area contributed by atoms with Crippen LogP contribution < -0.4 is 0 Å². The summed E-state index contributed by atoms with van der Waals surface area (Å²) in [5.74, 6) is -2.60. The van der Waals surface area contributed by atoms with Crippen LogP contribution in [0.1, 0.15) is 33.6 Å². The lowest BCUT2D eigenvalue weighted by atomic mass is 9.82. The molecule has 0 heterocycles. The second-order valence-corrected chi connectivity index (χ2v) is 3.55. The van der Waals surface area contributed by atoms with Crippen molar-refractivity contribution in [2.24, 2.45) is 5.41 Å². The summed E-state index contributed by atoms with van der Waals surface area (Å²) in [6.45, 7) is 5.14. The van der Waals surface area contributed by atoms with Crippen LogP contribution in [-0.4, -0.2) is 22.2 Å². The van der Waals surface area contributed by atoms with Crippen molar-refractivity contribution in [2.75, 3.05) is 0 Å². The van der Waals surface area contributed by atoms with Gasteiger partial charge in [0.1, 0.15) is 0 Å². The zero-order valence-electron chi connectivity index (χ0n) is 8.70. The largest absolute Gasteiger partial charge is 0.480 e. The monoisotopic (exact) mass is 200 g/mol. The molecule has 0 aliphatic carbocycles. The smallest absolute Gasteiger partial charge is 0.324 e. The second kappa shape index (κ2) is 4.79. The minimum Gasteiger partial charge on any atom is -0.480 e. The summed E-state index contributed by atoms with van der Waals surface area (Å²) in [5, 5.41) is 17.9. The molecule has 0 fully saturated rings. The van der Waals surface area contributed by atoms with E-state index in [0.29, 0.717) is 12.0 Å². The third-order valence-corrected chi connectivity index (χ3v) is 1.94. The molecule has 0 saturated heterocycles. The Hall–Kier alpha value is -1.32. The fraction of sp³-hybridized carbons (Fsp3) is 0.600. The number of hydrogen-bond donors (Lipinski definition) is 2. The summed E-state index contributed by atoms with van der Waals surface area (Å²) >= 11 is 0. The van der Waals surface area contributed by atoms with E-state index in [1.807, 2.05) is 0 Å². The summed E-state index contributed by atoms with van der Waals surface area (Å²) < 4.78 is 0. The molecule has 0 spiro atoms. The maximum absolute atomic E-state index is 11.0. The molecule has 0 saturated carbocycles. The van der Waals surface area contributed by atoms with E-state index in [4.69, 9.17) is 10.2 Å². The summed E-state index contributed by atoms with van der Waals surface area (Å²) in [6.07, 6.45) is 1.94. The Bertz CT molecular complexity index is 247. The minimum atomic E-state index is -1.76. The molecule has 2 N–H and O–H groups in total. The Labute approximate surface area is 83.2 Å². The van der Waals surface area contributed by atoms with Crippen LogP contribution in [0.4, 0.5) is 0 Å². The average Bonchev–Trinajstić information content (AvgIpc) is 2.01. The number of hydrogen-bond acceptors (Lipinski definition) is 2. The van der Waals surface area contributed by atoms with E-state index in [-0.39, 0.29) is 6.42 Å². The van der Waals surface area contributed by atoms with Gasteiger partial charge in [-0.25, -0.2) is 0 Å². The molecule has 0 atom stereocenters. The van der Waals surface area contributed by atoms with Crippen LogP contribution in [0.3, 0.4) is 0 Å². The van der Waals surface area contributed by atoms with Gasteiger partial charge in [-0.15, -0.1) is 0 Å². The van der Waals surface area contributed by atoms with E-state index in [1.54, 1.807) is 20.8 Å². The molecule has 0 aliphatic rings. The van der Waals surface area contributed by atoms with Crippen molar-refractivity contribution in [3.05, 3.63) is 11.6 Å². The van der Waals surface area contributed by atoms with E-state index in [9.17, 15) is 9.59 Å². The van der Waals surface area contributed by atoms with Gasteiger partial charge < -0.3 is 10.2 Å². The van der Waals surface area contributed by atoms with Crippen LogP contribution in [0.5, 0.6) is 0 Å². The van der Waals surface area contributed by atoms with Crippen LogP contribution >= 0.6 is 0 Å². The van der Waals surface area contributed by atoms with Crippen molar-refractivity contribution in [1.29, 1.82) is 0 Å². The Balaban J connectivity index is 5.27. The molecule has 0 radical (unpaired) electrons. The van der Waals surface area contributed by atoms with Crippen LogP contribution in [-0.2, 0) is 9.59 Å². The zero-order valence-corrected chi connectivity index (χ0v) is 8.70. The first-order valence-corrected chi connectivity index (χ1v) is 4.49. The molecule has 0 rings (SSSR count). The van der Waals surface area contributed by atoms with Crippen molar-refractivity contribution in [3.63, 3.8) is 0 Å². The van der Waals surface area contributed by atoms with E-state index in [1.165, 1.54) is 6.08 Å². The Morgan fingerprint density at radius 3 is 1.86 bits per heavy atom. The standard InChI is InChI=1S/C10H16O4/c1-4-5-10(8(11)12,9(13)14)6-7(2)3/h6H,4-5H2,1-3H3,(H,11,12)(H,13,14). The van der Waals surface area contributed by atoms with Gasteiger partial charge in [-0.05, 0) is 20.3 Å². The maximum Gasteiger partial charge on any atom is 0.324 e. The first-order chi connectivity index (χ1) is 6.36. The number of carboxylic acids is 2. The van der Waals surface area contributed by atoms with Crippen molar-refractivity contribution in [2.45, 2.75) is 33.6 Å². The van der Waals surface area contributed by atoms with Gasteiger partial charge in [0, 0.05) is 0 Å². The molecular weight excluding hydrogens is 184 g/mol. The van der Waals surface area contributed by atoms with Crippen LogP contribution in [0.25, 0.3) is 0 Å². The number of allylic oxidation sites excluding steroid dienone is 1. The number of aliphatic carboxylic acids is 2. The first-order valence-electron chi connectivity index (χ1n) is 4.49. The lowest BCUT2D eigenvalue weighted by Gasteiger charge is -2.20. The Morgan fingerprint density at radius 2 is 1.64 bits per heavy atom. The molecule has 0 aromatic heterocycles. The third-order valence-electron chi connectivity index (χ3n) is 1.94. The molecule has 0 bridgehead atoms. The van der Waals surface area contributed by atoms with Crippen molar-refractivity contribution < 1.29 is 19.8 Å². The van der Waals surface area contributed by atoms with Gasteiger partial charge in [0.05, 0.1) is 0 Å². The molecular formula is C10H16O4. The number of rotatable bonds is 5. The predicted molar refractivity (Wildman–Crippen MR) is 52.0 cm³/mol. The molecule has 0 aromatic carbocycles. The van der Waals surface area contributed by atoms with Crippen molar-refractivity contribution >= 4 is 11.9 Å². The van der Waals surface area contributed by atoms with Crippen LogP contribution in [0.2, 0.25) is 0 Å². The van der Waals surface area contributed by atoms with Crippen LogP contribution in [0, 0.1) is 5.41 Å². The fourth-order valence-corrected chi connectivity index (χ4v) is 1.39. The third kappa shape index (κ3) is 2.58. The van der Waals surface area contributed by atoms with Gasteiger partial charge in [0.15, 0.2) is 5.41 Å². The Morgan fingerprint density at radius 1 is 1.21 bits per heavy atom. The lowest BCUT2D eigenvalue weighted by Crippen LogP contribution is -2.37. The second-order valence-electron chi connectivity index (χ2n) is 3.55. The number of carboxylic acid groups (broad SMARTS) is 2. The highest BCUT2D eigenvalue weighted by Gasteiger charge is 2.43. The average molecular weight is 200 g/mol. The molecule has 4 heteroatoms. The molecule has 80 valence electrons. The van der Waals surface area contributed by atoms with E-state index < -0.39 is 17.4 Å². The summed E-state index contributed by atoms with van der Waals surface area (Å²) in [5.41, 5.74) is -1.06. The molecule has 4 nitrogen and oxygen atoms in total. The van der Waals surface area contributed by atoms with Crippen molar-refractivity contribution in [1.82, 2.24) is 0 Å². The van der Waals surface area contributed by atoms with Gasteiger partial charge in [0.25, 0.3) is 0 Å². The van der Waals surface area contributed by atoms with E-state index >= 15 is 0 Å². The van der Waals surface area contributed by atoms with Gasteiger partial charge >= 0.3 is 11.9 Å². The molecule has 0 unspecified atom stereocenters. The SMILES string of the molecule is CCCC(C=C(C)C)(C(=O)O)C(=O)O. The minimum absolute atomic E-state index is 0.114. The summed E-state index contributed by atoms with van der Waals surface area (Å²) in [4.78, 5) is 21.9. The molecule has 14 heavy (non-hydrogen) atoms. The summed E-state index contributed by atoms with van der Waals surface area (Å²) in [7, 11) is 0. The fourth-order valence-electron chi connectivity index (χ4n) is 1.39. The normalized spacial score (nSPS) is 10.8. The molecule has 0 aliphatic heterocycles.